The van der Waals surface area contributed by atoms with Crippen molar-refractivity contribution in [3.8, 4) is 0 Å². The van der Waals surface area contributed by atoms with Crippen LogP contribution in [-0.2, 0) is 14.3 Å². The molecule has 0 N–H and O–H groups in total. The van der Waals surface area contributed by atoms with Gasteiger partial charge in [-0.15, -0.1) is 0 Å². The summed E-state index contributed by atoms with van der Waals surface area (Å²) in [7, 11) is 3.38. The van der Waals surface area contributed by atoms with Crippen molar-refractivity contribution in [3.63, 3.8) is 0 Å². The number of methoxy groups -OCH3 is 2. The molecule has 1 rings (SSSR count). The maximum atomic E-state index is 11.5. The van der Waals surface area contributed by atoms with Gasteiger partial charge in [-0.05, 0) is 6.42 Å². The van der Waals surface area contributed by atoms with Crippen LogP contribution in [-0.4, -0.2) is 56.7 Å². The highest BCUT2D eigenvalue weighted by molar-refractivity contribution is 5.80. The molecule has 1 saturated heterocycles. The molecule has 0 aromatic carbocycles. The van der Waals surface area contributed by atoms with Crippen LogP contribution in [0.15, 0.2) is 0 Å². The zero-order valence-electron chi connectivity index (χ0n) is 9.86. The van der Waals surface area contributed by atoms with Gasteiger partial charge in [-0.3, -0.25) is 9.69 Å². The summed E-state index contributed by atoms with van der Waals surface area (Å²) in [5.41, 5.74) is 0. The molecule has 0 radical (unpaired) electrons. The molecule has 1 aliphatic rings. The van der Waals surface area contributed by atoms with E-state index >= 15 is 0 Å². The SMILES string of the molecule is CCCC(=O)CN1CC(OC)C(OC)C1. The van der Waals surface area contributed by atoms with E-state index in [1.807, 2.05) is 6.92 Å². The summed E-state index contributed by atoms with van der Waals surface area (Å²) >= 11 is 0. The second kappa shape index (κ2) is 6.20. The minimum atomic E-state index is 0.101. The largest absolute Gasteiger partial charge is 0.377 e. The van der Waals surface area contributed by atoms with Gasteiger partial charge in [0.25, 0.3) is 0 Å². The number of hydrogen-bond donors (Lipinski definition) is 0. The van der Waals surface area contributed by atoms with E-state index in [-0.39, 0.29) is 12.2 Å². The fourth-order valence-corrected chi connectivity index (χ4v) is 2.01. The first-order chi connectivity index (χ1) is 7.21. The van der Waals surface area contributed by atoms with Gasteiger partial charge >= 0.3 is 0 Å². The van der Waals surface area contributed by atoms with E-state index in [2.05, 4.69) is 4.90 Å². The van der Waals surface area contributed by atoms with Gasteiger partial charge in [0.2, 0.25) is 0 Å². The normalized spacial score (nSPS) is 27.1. The molecule has 4 heteroatoms. The van der Waals surface area contributed by atoms with Crippen molar-refractivity contribution >= 4 is 5.78 Å². The lowest BCUT2D eigenvalue weighted by Crippen LogP contribution is -2.28. The van der Waals surface area contributed by atoms with Crippen molar-refractivity contribution in [2.24, 2.45) is 0 Å². The van der Waals surface area contributed by atoms with Crippen LogP contribution in [0.4, 0.5) is 0 Å². The van der Waals surface area contributed by atoms with Crippen molar-refractivity contribution in [1.82, 2.24) is 4.90 Å². The van der Waals surface area contributed by atoms with Crippen LogP contribution in [0.25, 0.3) is 0 Å². The van der Waals surface area contributed by atoms with Crippen molar-refractivity contribution in [2.75, 3.05) is 33.9 Å². The van der Waals surface area contributed by atoms with Crippen LogP contribution >= 0.6 is 0 Å². The summed E-state index contributed by atoms with van der Waals surface area (Å²) in [4.78, 5) is 13.6. The third-order valence-corrected chi connectivity index (χ3v) is 2.83. The van der Waals surface area contributed by atoms with Crippen molar-refractivity contribution in [3.05, 3.63) is 0 Å². The predicted molar refractivity (Wildman–Crippen MR) is 57.9 cm³/mol. The fraction of sp³-hybridized carbons (Fsp3) is 0.909. The van der Waals surface area contributed by atoms with Gasteiger partial charge in [0, 0.05) is 33.7 Å². The van der Waals surface area contributed by atoms with Crippen molar-refractivity contribution in [2.45, 2.75) is 32.0 Å². The Morgan fingerprint density at radius 1 is 1.27 bits per heavy atom. The van der Waals surface area contributed by atoms with E-state index in [0.717, 1.165) is 19.5 Å². The number of hydrogen-bond acceptors (Lipinski definition) is 4. The number of Topliss-reactive ketones (excluding diaryl/α,β-unsaturated/α-hetero) is 1. The summed E-state index contributed by atoms with van der Waals surface area (Å²) in [5.74, 6) is 0.309. The highest BCUT2D eigenvalue weighted by Crippen LogP contribution is 2.15. The lowest BCUT2D eigenvalue weighted by molar-refractivity contribution is -0.120. The Morgan fingerprint density at radius 3 is 2.20 bits per heavy atom. The molecule has 15 heavy (non-hydrogen) atoms. The zero-order valence-corrected chi connectivity index (χ0v) is 9.86. The molecular formula is C11H21NO3. The van der Waals surface area contributed by atoms with Gasteiger partial charge in [-0.1, -0.05) is 6.92 Å². The molecule has 4 nitrogen and oxygen atoms in total. The van der Waals surface area contributed by atoms with E-state index in [1.165, 1.54) is 0 Å². The average Bonchev–Trinajstić information content (AvgIpc) is 2.60. The average molecular weight is 215 g/mol. The Labute approximate surface area is 91.5 Å². The fourth-order valence-electron chi connectivity index (χ4n) is 2.01. The molecule has 2 atom stereocenters. The Bertz CT molecular complexity index is 196. The maximum Gasteiger partial charge on any atom is 0.146 e. The molecule has 0 spiro atoms. The summed E-state index contributed by atoms with van der Waals surface area (Å²) in [6.07, 6.45) is 1.80. The number of likely N-dealkylation sites (tertiary alicyclic amines) is 1. The number of nitrogens with zero attached hydrogens (tertiary/aromatic N) is 1. The first-order valence-corrected chi connectivity index (χ1v) is 5.50. The Kier molecular flexibility index (Phi) is 5.22. The molecule has 0 amide bonds. The second-order valence-electron chi connectivity index (χ2n) is 4.03. The molecule has 0 aromatic rings. The quantitative estimate of drug-likeness (QED) is 0.654. The van der Waals surface area contributed by atoms with Crippen LogP contribution in [0.2, 0.25) is 0 Å². The van der Waals surface area contributed by atoms with Crippen LogP contribution < -0.4 is 0 Å². The molecule has 1 heterocycles. The number of carbonyl (C=O) groups is 1. The van der Waals surface area contributed by atoms with Crippen LogP contribution in [0.1, 0.15) is 19.8 Å². The Balaban J connectivity index is 2.36. The topological polar surface area (TPSA) is 38.8 Å². The summed E-state index contributed by atoms with van der Waals surface area (Å²) in [6, 6.07) is 0. The van der Waals surface area contributed by atoms with E-state index in [0.29, 0.717) is 18.7 Å². The van der Waals surface area contributed by atoms with Crippen molar-refractivity contribution in [1.29, 1.82) is 0 Å². The monoisotopic (exact) mass is 215 g/mol. The summed E-state index contributed by atoms with van der Waals surface area (Å²) in [5, 5.41) is 0. The molecule has 0 aromatic heterocycles. The summed E-state index contributed by atoms with van der Waals surface area (Å²) in [6.45, 7) is 4.15. The number of ether oxygens (including phenoxy) is 2. The number of ketones is 1. The molecule has 2 unspecified atom stereocenters. The third-order valence-electron chi connectivity index (χ3n) is 2.83. The first kappa shape index (κ1) is 12.6. The lowest BCUT2D eigenvalue weighted by Gasteiger charge is -2.13. The predicted octanol–water partition coefficient (Wildman–Crippen LogP) is 0.701. The van der Waals surface area contributed by atoms with Gasteiger partial charge in [0.15, 0.2) is 0 Å². The van der Waals surface area contributed by atoms with Crippen molar-refractivity contribution < 1.29 is 14.3 Å². The lowest BCUT2D eigenvalue weighted by atomic mass is 10.2. The van der Waals surface area contributed by atoms with E-state index in [9.17, 15) is 4.79 Å². The highest BCUT2D eigenvalue weighted by atomic mass is 16.5. The standard InChI is InChI=1S/C11H21NO3/c1-4-5-9(13)6-12-7-10(14-2)11(8-12)15-3/h10-11H,4-8H2,1-3H3. The van der Waals surface area contributed by atoms with E-state index < -0.39 is 0 Å². The highest BCUT2D eigenvalue weighted by Gasteiger charge is 2.33. The minimum absolute atomic E-state index is 0.101. The Hall–Kier alpha value is -0.450. The smallest absolute Gasteiger partial charge is 0.146 e. The number of rotatable bonds is 6. The minimum Gasteiger partial charge on any atom is -0.377 e. The van der Waals surface area contributed by atoms with Crippen LogP contribution in [0, 0.1) is 0 Å². The van der Waals surface area contributed by atoms with Gasteiger partial charge in [0.1, 0.15) is 5.78 Å². The van der Waals surface area contributed by atoms with Gasteiger partial charge < -0.3 is 9.47 Å². The van der Waals surface area contributed by atoms with Gasteiger partial charge in [-0.2, -0.15) is 0 Å². The second-order valence-corrected chi connectivity index (χ2v) is 4.03. The van der Waals surface area contributed by atoms with Crippen LogP contribution in [0.3, 0.4) is 0 Å². The summed E-state index contributed by atoms with van der Waals surface area (Å²) < 4.78 is 10.6. The molecule has 0 bridgehead atoms. The molecular weight excluding hydrogens is 194 g/mol. The molecule has 0 aliphatic carbocycles. The molecule has 0 saturated carbocycles. The molecule has 1 aliphatic heterocycles. The molecule has 88 valence electrons. The zero-order chi connectivity index (χ0) is 11.3. The maximum absolute atomic E-state index is 11.5. The van der Waals surface area contributed by atoms with Gasteiger partial charge in [0.05, 0.1) is 18.8 Å². The van der Waals surface area contributed by atoms with Gasteiger partial charge in [-0.25, -0.2) is 0 Å². The van der Waals surface area contributed by atoms with Crippen LogP contribution in [0.5, 0.6) is 0 Å². The Morgan fingerprint density at radius 2 is 1.80 bits per heavy atom. The van der Waals surface area contributed by atoms with E-state index in [1.54, 1.807) is 14.2 Å². The third kappa shape index (κ3) is 3.55. The molecule has 1 fully saturated rings. The number of carbonyl (C=O) groups excluding carboxylic acids is 1. The van der Waals surface area contributed by atoms with E-state index in [4.69, 9.17) is 9.47 Å². The first-order valence-electron chi connectivity index (χ1n) is 5.50.